The molecule has 1 aromatic heterocycles. The van der Waals surface area contributed by atoms with Gasteiger partial charge < -0.3 is 9.64 Å². The molecule has 0 spiro atoms. The van der Waals surface area contributed by atoms with E-state index in [2.05, 4.69) is 9.88 Å². The molecule has 0 aliphatic carbocycles. The maximum Gasteiger partial charge on any atom is 0.416 e. The number of methoxy groups -OCH3 is 1. The Kier molecular flexibility index (Phi) is 6.18. The average molecular weight is 393 g/mol. The summed E-state index contributed by atoms with van der Waals surface area (Å²) < 4.78 is 43.2. The van der Waals surface area contributed by atoms with E-state index in [1.807, 2.05) is 0 Å². The van der Waals surface area contributed by atoms with E-state index in [1.165, 1.54) is 19.2 Å². The van der Waals surface area contributed by atoms with Crippen LogP contribution in [0.15, 0.2) is 42.6 Å². The number of carbonyl (C=O) groups is 1. The first kappa shape index (κ1) is 20.1. The van der Waals surface area contributed by atoms with E-state index in [4.69, 9.17) is 4.74 Å². The van der Waals surface area contributed by atoms with E-state index in [0.717, 1.165) is 30.7 Å². The van der Waals surface area contributed by atoms with Gasteiger partial charge in [0, 0.05) is 38.9 Å². The Morgan fingerprint density at radius 1 is 1.11 bits per heavy atom. The molecule has 0 bridgehead atoms. The van der Waals surface area contributed by atoms with E-state index in [-0.39, 0.29) is 5.91 Å². The molecule has 3 rings (SSSR count). The fraction of sp³-hybridized carbons (Fsp3) is 0.400. The van der Waals surface area contributed by atoms with Crippen molar-refractivity contribution < 1.29 is 22.7 Å². The number of halogens is 3. The molecule has 28 heavy (non-hydrogen) atoms. The largest absolute Gasteiger partial charge is 0.480 e. The molecular weight excluding hydrogens is 371 g/mol. The fourth-order valence-corrected chi connectivity index (χ4v) is 3.28. The second kappa shape index (κ2) is 8.60. The van der Waals surface area contributed by atoms with Crippen LogP contribution in [0.1, 0.15) is 27.9 Å². The number of hydrogen-bond donors (Lipinski definition) is 0. The predicted octanol–water partition coefficient (Wildman–Crippen LogP) is 3.46. The first-order chi connectivity index (χ1) is 13.4. The molecule has 0 saturated carbocycles. The number of rotatable bonds is 4. The van der Waals surface area contributed by atoms with Crippen LogP contribution < -0.4 is 4.74 Å². The summed E-state index contributed by atoms with van der Waals surface area (Å²) in [7, 11) is 1.48. The van der Waals surface area contributed by atoms with Crippen LogP contribution in [-0.4, -0.2) is 54.0 Å². The lowest BCUT2D eigenvalue weighted by atomic mass is 10.1. The number of aromatic nitrogens is 1. The van der Waals surface area contributed by atoms with Crippen molar-refractivity contribution in [2.75, 3.05) is 33.3 Å². The summed E-state index contributed by atoms with van der Waals surface area (Å²) in [6.07, 6.45) is -1.96. The van der Waals surface area contributed by atoms with Gasteiger partial charge in [-0.1, -0.05) is 12.1 Å². The maximum atomic E-state index is 12.8. The smallest absolute Gasteiger partial charge is 0.416 e. The molecule has 150 valence electrons. The number of amides is 1. The molecule has 8 heteroatoms. The van der Waals surface area contributed by atoms with Gasteiger partial charge in [0.1, 0.15) is 5.56 Å². The van der Waals surface area contributed by atoms with Crippen LogP contribution in [-0.2, 0) is 12.7 Å². The van der Waals surface area contributed by atoms with Crippen molar-refractivity contribution in [3.63, 3.8) is 0 Å². The lowest BCUT2D eigenvalue weighted by Gasteiger charge is -2.22. The Bertz CT molecular complexity index is 809. The van der Waals surface area contributed by atoms with Crippen molar-refractivity contribution in [2.45, 2.75) is 19.1 Å². The topological polar surface area (TPSA) is 45.7 Å². The van der Waals surface area contributed by atoms with Crippen molar-refractivity contribution >= 4 is 5.91 Å². The third-order valence-corrected chi connectivity index (χ3v) is 4.76. The van der Waals surface area contributed by atoms with Gasteiger partial charge in [0.25, 0.3) is 5.91 Å². The maximum absolute atomic E-state index is 12.8. The molecule has 0 unspecified atom stereocenters. The molecule has 0 N–H and O–H groups in total. The predicted molar refractivity (Wildman–Crippen MR) is 98.0 cm³/mol. The summed E-state index contributed by atoms with van der Waals surface area (Å²) in [5, 5.41) is 0. The summed E-state index contributed by atoms with van der Waals surface area (Å²) in [5.74, 6) is 0.180. The quantitative estimate of drug-likeness (QED) is 0.798. The number of alkyl halides is 3. The van der Waals surface area contributed by atoms with Gasteiger partial charge in [-0.3, -0.25) is 9.69 Å². The Balaban J connectivity index is 1.61. The van der Waals surface area contributed by atoms with E-state index >= 15 is 0 Å². The molecule has 1 amide bonds. The minimum atomic E-state index is -4.32. The molecule has 1 aromatic carbocycles. The van der Waals surface area contributed by atoms with Crippen molar-refractivity contribution in [2.24, 2.45) is 0 Å². The Morgan fingerprint density at radius 2 is 1.86 bits per heavy atom. The number of ether oxygens (including phenoxy) is 1. The number of hydrogen-bond acceptors (Lipinski definition) is 4. The van der Waals surface area contributed by atoms with E-state index in [9.17, 15) is 18.0 Å². The highest BCUT2D eigenvalue weighted by Crippen LogP contribution is 2.29. The summed E-state index contributed by atoms with van der Waals surface area (Å²) in [4.78, 5) is 20.8. The van der Waals surface area contributed by atoms with Gasteiger partial charge in [0.2, 0.25) is 5.88 Å². The molecular formula is C20H22F3N3O2. The molecule has 1 aliphatic heterocycles. The zero-order valence-electron chi connectivity index (χ0n) is 15.6. The standard InChI is InChI=1S/C20H22F3N3O2/c1-28-18-17(4-2-9-24-18)19(27)26-11-3-10-25(12-13-26)14-15-5-7-16(8-6-15)20(21,22)23/h2,4-9H,3,10-14H2,1H3. The first-order valence-electron chi connectivity index (χ1n) is 9.05. The van der Waals surface area contributed by atoms with Gasteiger partial charge in [-0.2, -0.15) is 13.2 Å². The van der Waals surface area contributed by atoms with Crippen LogP contribution in [0.4, 0.5) is 13.2 Å². The number of benzene rings is 1. The lowest BCUT2D eigenvalue weighted by Crippen LogP contribution is -2.35. The first-order valence-corrected chi connectivity index (χ1v) is 9.05. The van der Waals surface area contributed by atoms with Gasteiger partial charge in [0.05, 0.1) is 12.7 Å². The van der Waals surface area contributed by atoms with E-state index < -0.39 is 11.7 Å². The van der Waals surface area contributed by atoms with E-state index in [0.29, 0.717) is 37.6 Å². The summed E-state index contributed by atoms with van der Waals surface area (Å²) in [6.45, 7) is 3.12. The van der Waals surface area contributed by atoms with Crippen LogP contribution in [0.2, 0.25) is 0 Å². The van der Waals surface area contributed by atoms with Crippen LogP contribution in [0.3, 0.4) is 0 Å². The van der Waals surface area contributed by atoms with Gasteiger partial charge >= 0.3 is 6.18 Å². The fourth-order valence-electron chi connectivity index (χ4n) is 3.28. The normalized spacial score (nSPS) is 15.9. The minimum absolute atomic E-state index is 0.124. The van der Waals surface area contributed by atoms with E-state index in [1.54, 1.807) is 23.2 Å². The number of pyridine rings is 1. The van der Waals surface area contributed by atoms with Gasteiger partial charge in [-0.25, -0.2) is 4.98 Å². The SMILES string of the molecule is COc1ncccc1C(=O)N1CCCN(Cc2ccc(C(F)(F)F)cc2)CC1. The second-order valence-electron chi connectivity index (χ2n) is 6.68. The summed E-state index contributed by atoms with van der Waals surface area (Å²) in [6, 6.07) is 8.63. The average Bonchev–Trinajstić information content (AvgIpc) is 2.92. The summed E-state index contributed by atoms with van der Waals surface area (Å²) in [5.41, 5.74) is 0.609. The molecule has 0 radical (unpaired) electrons. The van der Waals surface area contributed by atoms with Crippen LogP contribution >= 0.6 is 0 Å². The highest BCUT2D eigenvalue weighted by Gasteiger charge is 2.30. The minimum Gasteiger partial charge on any atom is -0.480 e. The zero-order chi connectivity index (χ0) is 20.1. The van der Waals surface area contributed by atoms with Crippen molar-refractivity contribution in [1.82, 2.24) is 14.8 Å². The zero-order valence-corrected chi connectivity index (χ0v) is 15.6. The van der Waals surface area contributed by atoms with Crippen molar-refractivity contribution in [1.29, 1.82) is 0 Å². The van der Waals surface area contributed by atoms with Crippen molar-refractivity contribution in [3.8, 4) is 5.88 Å². The van der Waals surface area contributed by atoms with Gasteiger partial charge in [-0.05, 0) is 36.2 Å². The highest BCUT2D eigenvalue weighted by atomic mass is 19.4. The molecule has 0 atom stereocenters. The Labute approximate surface area is 161 Å². The molecule has 2 aromatic rings. The Morgan fingerprint density at radius 3 is 2.54 bits per heavy atom. The monoisotopic (exact) mass is 393 g/mol. The van der Waals surface area contributed by atoms with Crippen LogP contribution in [0.25, 0.3) is 0 Å². The third-order valence-electron chi connectivity index (χ3n) is 4.76. The van der Waals surface area contributed by atoms with Gasteiger partial charge in [0.15, 0.2) is 0 Å². The van der Waals surface area contributed by atoms with Crippen LogP contribution in [0.5, 0.6) is 5.88 Å². The lowest BCUT2D eigenvalue weighted by molar-refractivity contribution is -0.137. The van der Waals surface area contributed by atoms with Crippen LogP contribution in [0, 0.1) is 0 Å². The molecule has 1 fully saturated rings. The highest BCUT2D eigenvalue weighted by molar-refractivity contribution is 5.96. The third kappa shape index (κ3) is 4.81. The second-order valence-corrected chi connectivity index (χ2v) is 6.68. The van der Waals surface area contributed by atoms with Gasteiger partial charge in [-0.15, -0.1) is 0 Å². The van der Waals surface area contributed by atoms with Crippen molar-refractivity contribution in [3.05, 3.63) is 59.3 Å². The number of nitrogens with zero attached hydrogens (tertiary/aromatic N) is 3. The Hall–Kier alpha value is -2.61. The molecule has 2 heterocycles. The summed E-state index contributed by atoms with van der Waals surface area (Å²) >= 11 is 0. The molecule has 5 nitrogen and oxygen atoms in total. The number of carbonyl (C=O) groups excluding carboxylic acids is 1. The molecule has 1 saturated heterocycles. The molecule has 1 aliphatic rings.